The molecule has 1 amide bonds. The molecule has 1 aliphatic rings. The van der Waals surface area contributed by atoms with Crippen LogP contribution in [-0.2, 0) is 10.0 Å². The molecule has 0 saturated heterocycles. The van der Waals surface area contributed by atoms with E-state index in [2.05, 4.69) is 10.0 Å². The Kier molecular flexibility index (Phi) is 6.90. The van der Waals surface area contributed by atoms with Crippen LogP contribution in [0, 0.1) is 0 Å². The van der Waals surface area contributed by atoms with Crippen LogP contribution < -0.4 is 19.5 Å². The third-order valence-electron chi connectivity index (χ3n) is 5.16. The zero-order valence-corrected chi connectivity index (χ0v) is 20.1. The minimum Gasteiger partial charge on any atom is -0.454 e. The van der Waals surface area contributed by atoms with Gasteiger partial charge in [0.1, 0.15) is 4.90 Å². The van der Waals surface area contributed by atoms with Crippen molar-refractivity contribution in [3.63, 3.8) is 0 Å². The van der Waals surface area contributed by atoms with Crippen molar-refractivity contribution < 1.29 is 27.8 Å². The Bertz CT molecular complexity index is 1330. The summed E-state index contributed by atoms with van der Waals surface area (Å²) in [4.78, 5) is 12.9. The summed E-state index contributed by atoms with van der Waals surface area (Å²) in [5.41, 5.74) is 0.553. The van der Waals surface area contributed by atoms with Crippen molar-refractivity contribution in [1.29, 1.82) is 0 Å². The largest absolute Gasteiger partial charge is 0.454 e. The Labute approximate surface area is 206 Å². The molecule has 8 nitrogen and oxygen atoms in total. The average Bonchev–Trinajstić information content (AvgIpc) is 3.27. The van der Waals surface area contributed by atoms with Gasteiger partial charge >= 0.3 is 0 Å². The van der Waals surface area contributed by atoms with E-state index >= 15 is 0 Å². The van der Waals surface area contributed by atoms with E-state index in [0.717, 1.165) is 0 Å². The van der Waals surface area contributed by atoms with E-state index in [1.54, 1.807) is 37.3 Å². The number of carbonyl (C=O) groups is 1. The first kappa shape index (κ1) is 24.2. The normalized spacial score (nSPS) is 14.4. The molecule has 0 unspecified atom stereocenters. The standard InChI is InChI=1S/C23H20Cl2N2O6S/c1-13(21(28)14-5-7-15(24)8-6-14)26-23(29)17-10-9-16(25)11-18(17)27-34(30,31)20-4-2-3-19-22(20)33-12-32-19/h2-11,13,21,27-28H,12H2,1H3,(H,26,29)/t13-,21-/m1/s1. The Morgan fingerprint density at radius 1 is 1.03 bits per heavy atom. The van der Waals surface area contributed by atoms with Crippen molar-refractivity contribution in [3.05, 3.63) is 81.8 Å². The van der Waals surface area contributed by atoms with Crippen LogP contribution in [0.25, 0.3) is 0 Å². The maximum atomic E-state index is 13.1. The number of sulfonamides is 1. The molecule has 1 aliphatic heterocycles. The number of ether oxygens (including phenoxy) is 2. The summed E-state index contributed by atoms with van der Waals surface area (Å²) in [7, 11) is -4.16. The molecule has 0 fully saturated rings. The lowest BCUT2D eigenvalue weighted by molar-refractivity contribution is 0.0853. The van der Waals surface area contributed by atoms with E-state index in [4.69, 9.17) is 32.7 Å². The maximum absolute atomic E-state index is 13.1. The number of aliphatic hydroxyl groups excluding tert-OH is 1. The minimum absolute atomic E-state index is 0.0212. The Balaban J connectivity index is 1.58. The molecular weight excluding hydrogens is 503 g/mol. The fraction of sp³-hybridized carbons (Fsp3) is 0.174. The molecule has 0 bridgehead atoms. The van der Waals surface area contributed by atoms with E-state index in [-0.39, 0.29) is 33.7 Å². The summed E-state index contributed by atoms with van der Waals surface area (Å²) in [6, 6.07) is 14.5. The Morgan fingerprint density at radius 2 is 1.74 bits per heavy atom. The summed E-state index contributed by atoms with van der Waals surface area (Å²) >= 11 is 12.0. The number of para-hydroxylation sites is 1. The van der Waals surface area contributed by atoms with E-state index < -0.39 is 28.1 Å². The number of aliphatic hydroxyl groups is 1. The summed E-state index contributed by atoms with van der Waals surface area (Å²) in [5.74, 6) is -0.215. The van der Waals surface area contributed by atoms with Crippen LogP contribution >= 0.6 is 23.2 Å². The second kappa shape index (κ2) is 9.71. The third kappa shape index (κ3) is 5.07. The highest BCUT2D eigenvalue weighted by atomic mass is 35.5. The van der Waals surface area contributed by atoms with Crippen LogP contribution in [0.3, 0.4) is 0 Å². The van der Waals surface area contributed by atoms with Crippen LogP contribution in [0.1, 0.15) is 28.9 Å². The fourth-order valence-corrected chi connectivity index (χ4v) is 4.95. The van der Waals surface area contributed by atoms with Crippen LogP contribution in [-0.4, -0.2) is 32.3 Å². The second-order valence-electron chi connectivity index (χ2n) is 7.54. The topological polar surface area (TPSA) is 114 Å². The van der Waals surface area contributed by atoms with Gasteiger partial charge in [-0.3, -0.25) is 9.52 Å². The zero-order chi connectivity index (χ0) is 24.5. The van der Waals surface area contributed by atoms with Gasteiger partial charge < -0.3 is 19.9 Å². The highest BCUT2D eigenvalue weighted by Crippen LogP contribution is 2.39. The van der Waals surface area contributed by atoms with Crippen molar-refractivity contribution in [2.75, 3.05) is 11.5 Å². The van der Waals surface area contributed by atoms with Gasteiger partial charge in [-0.25, -0.2) is 8.42 Å². The quantitative estimate of drug-likeness (QED) is 0.424. The molecule has 0 aliphatic carbocycles. The molecule has 0 aromatic heterocycles. The lowest BCUT2D eigenvalue weighted by Crippen LogP contribution is -2.37. The summed E-state index contributed by atoms with van der Waals surface area (Å²) < 4.78 is 39.2. The SMILES string of the molecule is C[C@@H](NC(=O)c1ccc(Cl)cc1NS(=O)(=O)c1cccc2c1OCO2)[C@@H](O)c1ccc(Cl)cc1. The highest BCUT2D eigenvalue weighted by molar-refractivity contribution is 7.92. The first-order chi connectivity index (χ1) is 16.2. The predicted octanol–water partition coefficient (Wildman–Crippen LogP) is 4.37. The highest BCUT2D eigenvalue weighted by Gasteiger charge is 2.28. The number of fused-ring (bicyclic) bond motifs is 1. The van der Waals surface area contributed by atoms with Crippen LogP contribution in [0.5, 0.6) is 11.5 Å². The van der Waals surface area contributed by atoms with Gasteiger partial charge in [0.2, 0.25) is 6.79 Å². The number of amides is 1. The number of carbonyl (C=O) groups excluding carboxylic acids is 1. The van der Waals surface area contributed by atoms with E-state index in [1.165, 1.54) is 30.3 Å². The summed E-state index contributed by atoms with van der Waals surface area (Å²) in [6.45, 7) is 1.53. The molecule has 4 rings (SSSR count). The van der Waals surface area contributed by atoms with Crippen molar-refractivity contribution in [3.8, 4) is 11.5 Å². The number of halogens is 2. The number of nitrogens with one attached hydrogen (secondary N) is 2. The molecule has 0 radical (unpaired) electrons. The first-order valence-corrected chi connectivity index (χ1v) is 12.3. The molecule has 3 aromatic carbocycles. The monoisotopic (exact) mass is 522 g/mol. The lowest BCUT2D eigenvalue weighted by atomic mass is 10.0. The first-order valence-electron chi connectivity index (χ1n) is 10.1. The maximum Gasteiger partial charge on any atom is 0.265 e. The van der Waals surface area contributed by atoms with Gasteiger partial charge in [0.15, 0.2) is 11.5 Å². The molecule has 1 heterocycles. The summed E-state index contributed by atoms with van der Waals surface area (Å²) in [6.07, 6.45) is -1.02. The van der Waals surface area contributed by atoms with Crippen molar-refractivity contribution in [2.24, 2.45) is 0 Å². The Morgan fingerprint density at radius 3 is 2.47 bits per heavy atom. The number of anilines is 1. The number of benzene rings is 3. The lowest BCUT2D eigenvalue weighted by Gasteiger charge is -2.22. The van der Waals surface area contributed by atoms with Gasteiger partial charge in [0.05, 0.1) is 23.4 Å². The fourth-order valence-electron chi connectivity index (χ4n) is 3.43. The van der Waals surface area contributed by atoms with E-state index in [1.807, 2.05) is 0 Å². The average molecular weight is 523 g/mol. The molecule has 0 spiro atoms. The van der Waals surface area contributed by atoms with Crippen molar-refractivity contribution in [2.45, 2.75) is 24.0 Å². The van der Waals surface area contributed by atoms with E-state index in [0.29, 0.717) is 16.3 Å². The molecule has 2 atom stereocenters. The minimum atomic E-state index is -4.16. The van der Waals surface area contributed by atoms with Gasteiger partial charge in [-0.2, -0.15) is 0 Å². The van der Waals surface area contributed by atoms with Crippen LogP contribution in [0.4, 0.5) is 5.69 Å². The van der Waals surface area contributed by atoms with Crippen molar-refractivity contribution >= 4 is 44.8 Å². The molecule has 11 heteroatoms. The molecule has 34 heavy (non-hydrogen) atoms. The number of rotatable bonds is 7. The number of hydrogen-bond acceptors (Lipinski definition) is 6. The van der Waals surface area contributed by atoms with Crippen LogP contribution in [0.15, 0.2) is 65.6 Å². The van der Waals surface area contributed by atoms with Gasteiger partial charge in [-0.05, 0) is 55.0 Å². The van der Waals surface area contributed by atoms with E-state index in [9.17, 15) is 18.3 Å². The molecule has 0 saturated carbocycles. The zero-order valence-electron chi connectivity index (χ0n) is 17.8. The molecule has 3 N–H and O–H groups in total. The van der Waals surface area contributed by atoms with Crippen LogP contribution in [0.2, 0.25) is 10.0 Å². The van der Waals surface area contributed by atoms with Gasteiger partial charge in [0, 0.05) is 10.0 Å². The smallest absolute Gasteiger partial charge is 0.265 e. The Hall–Kier alpha value is -2.98. The molecule has 3 aromatic rings. The summed E-state index contributed by atoms with van der Waals surface area (Å²) in [5, 5.41) is 14.0. The predicted molar refractivity (Wildman–Crippen MR) is 128 cm³/mol. The van der Waals surface area contributed by atoms with Gasteiger partial charge in [-0.15, -0.1) is 0 Å². The molecular formula is C23H20Cl2N2O6S. The van der Waals surface area contributed by atoms with Gasteiger partial charge in [0.25, 0.3) is 15.9 Å². The van der Waals surface area contributed by atoms with Crippen molar-refractivity contribution in [1.82, 2.24) is 5.32 Å². The van der Waals surface area contributed by atoms with Gasteiger partial charge in [-0.1, -0.05) is 41.4 Å². The third-order valence-corrected chi connectivity index (χ3v) is 7.04. The number of hydrogen-bond donors (Lipinski definition) is 3. The molecule has 178 valence electrons. The second-order valence-corrected chi connectivity index (χ2v) is 10.1.